The summed E-state index contributed by atoms with van der Waals surface area (Å²) in [6.45, 7) is 3.01. The second kappa shape index (κ2) is 8.57. The van der Waals surface area contributed by atoms with Crippen LogP contribution in [0.2, 0.25) is 0 Å². The second-order valence-corrected chi connectivity index (χ2v) is 9.10. The van der Waals surface area contributed by atoms with Gasteiger partial charge in [0.2, 0.25) is 5.91 Å². The van der Waals surface area contributed by atoms with Crippen molar-refractivity contribution in [2.45, 2.75) is 19.9 Å². The Labute approximate surface area is 192 Å². The molecular weight excluding hydrogens is 440 g/mol. The van der Waals surface area contributed by atoms with Crippen LogP contribution in [0.5, 0.6) is 0 Å². The number of aromatic nitrogens is 2. The quantitative estimate of drug-likeness (QED) is 0.338. The first-order valence-electron chi connectivity index (χ1n) is 10.2. The number of amides is 2. The lowest BCUT2D eigenvalue weighted by Crippen LogP contribution is -2.15. The van der Waals surface area contributed by atoms with Crippen molar-refractivity contribution < 1.29 is 9.59 Å². The summed E-state index contributed by atoms with van der Waals surface area (Å²) in [5, 5.41) is 12.2. The molecule has 5 rings (SSSR count). The zero-order valence-corrected chi connectivity index (χ0v) is 18.9. The van der Waals surface area contributed by atoms with Crippen molar-refractivity contribution in [3.05, 3.63) is 75.9 Å². The maximum Gasteiger partial charge on any atom is 0.267 e. The minimum Gasteiger partial charge on any atom is -0.341 e. The maximum absolute atomic E-state index is 12.6. The van der Waals surface area contributed by atoms with Crippen LogP contribution in [0.25, 0.3) is 21.8 Å². The Morgan fingerprint density at radius 1 is 0.969 bits per heavy atom. The molecule has 2 N–H and O–H groups in total. The van der Waals surface area contributed by atoms with E-state index < -0.39 is 0 Å². The average Bonchev–Trinajstić information content (AvgIpc) is 3.53. The predicted molar refractivity (Wildman–Crippen MR) is 132 cm³/mol. The summed E-state index contributed by atoms with van der Waals surface area (Å²) in [6, 6.07) is 17.9. The summed E-state index contributed by atoms with van der Waals surface area (Å²) in [5.41, 5.74) is 3.71. The Morgan fingerprint density at radius 2 is 1.81 bits per heavy atom. The van der Waals surface area contributed by atoms with Crippen molar-refractivity contribution in [3.63, 3.8) is 0 Å². The zero-order valence-electron chi connectivity index (χ0n) is 17.3. The summed E-state index contributed by atoms with van der Waals surface area (Å²) in [5.74, 6) is -0.338. The number of aryl methyl sites for hydroxylation is 1. The normalized spacial score (nSPS) is 11.2. The van der Waals surface area contributed by atoms with E-state index in [1.165, 1.54) is 33.6 Å². The molecule has 160 valence electrons. The first kappa shape index (κ1) is 20.4. The van der Waals surface area contributed by atoms with Crippen LogP contribution in [-0.2, 0) is 17.8 Å². The molecule has 0 fully saturated rings. The molecule has 0 aliphatic rings. The van der Waals surface area contributed by atoms with Gasteiger partial charge in [-0.2, -0.15) is 0 Å². The third kappa shape index (κ3) is 3.90. The Hall–Kier alpha value is -3.49. The van der Waals surface area contributed by atoms with E-state index in [-0.39, 0.29) is 18.2 Å². The molecule has 0 atom stereocenters. The fraction of sp³-hybridized carbons (Fsp3) is 0.125. The van der Waals surface area contributed by atoms with E-state index in [0.717, 1.165) is 23.1 Å². The number of hydrogen-bond donors (Lipinski definition) is 2. The third-order valence-corrected chi connectivity index (χ3v) is 6.91. The van der Waals surface area contributed by atoms with Gasteiger partial charge in [0.1, 0.15) is 0 Å². The molecule has 3 heterocycles. The van der Waals surface area contributed by atoms with Gasteiger partial charge < -0.3 is 9.88 Å². The lowest BCUT2D eigenvalue weighted by atomic mass is 10.1. The number of nitrogens with zero attached hydrogens (tertiary/aromatic N) is 2. The first-order chi connectivity index (χ1) is 15.6. The monoisotopic (exact) mass is 460 g/mol. The lowest BCUT2D eigenvalue weighted by molar-refractivity contribution is -0.115. The van der Waals surface area contributed by atoms with Gasteiger partial charge in [0.15, 0.2) is 5.13 Å². The standard InChI is InChI=1S/C24H20N4O2S2/c1-2-28-19-7-4-3-6-17(19)18-12-15(9-10-20(18)28)25-22(29)13-16-14-32-24(26-16)27-23(30)21-8-5-11-31-21/h3-12,14H,2,13H2,1H3,(H,25,29)(H,26,27,30). The fourth-order valence-corrected chi connectivity index (χ4v) is 5.18. The van der Waals surface area contributed by atoms with Gasteiger partial charge in [0, 0.05) is 39.4 Å². The molecule has 0 radical (unpaired) electrons. The molecule has 32 heavy (non-hydrogen) atoms. The van der Waals surface area contributed by atoms with E-state index in [2.05, 4.69) is 45.3 Å². The molecule has 5 aromatic rings. The topological polar surface area (TPSA) is 76.0 Å². The van der Waals surface area contributed by atoms with Crippen LogP contribution in [0.3, 0.4) is 0 Å². The maximum atomic E-state index is 12.6. The molecule has 0 aliphatic carbocycles. The van der Waals surface area contributed by atoms with Crippen molar-refractivity contribution in [1.29, 1.82) is 0 Å². The van der Waals surface area contributed by atoms with Crippen LogP contribution >= 0.6 is 22.7 Å². The number of carbonyl (C=O) groups is 2. The van der Waals surface area contributed by atoms with Gasteiger partial charge in [0.25, 0.3) is 5.91 Å². The summed E-state index contributed by atoms with van der Waals surface area (Å²) in [7, 11) is 0. The van der Waals surface area contributed by atoms with E-state index in [0.29, 0.717) is 15.7 Å². The van der Waals surface area contributed by atoms with Crippen molar-refractivity contribution in [2.75, 3.05) is 10.6 Å². The molecule has 2 aromatic carbocycles. The molecule has 0 saturated heterocycles. The highest BCUT2D eigenvalue weighted by molar-refractivity contribution is 7.14. The number of anilines is 2. The van der Waals surface area contributed by atoms with E-state index >= 15 is 0 Å². The molecule has 2 amide bonds. The highest BCUT2D eigenvalue weighted by Crippen LogP contribution is 2.31. The van der Waals surface area contributed by atoms with Gasteiger partial charge in [-0.25, -0.2) is 4.98 Å². The molecule has 6 nitrogen and oxygen atoms in total. The largest absolute Gasteiger partial charge is 0.341 e. The van der Waals surface area contributed by atoms with Crippen LogP contribution in [0.15, 0.2) is 65.4 Å². The van der Waals surface area contributed by atoms with Crippen molar-refractivity contribution in [1.82, 2.24) is 9.55 Å². The molecule has 0 bridgehead atoms. The van der Waals surface area contributed by atoms with Crippen LogP contribution < -0.4 is 10.6 Å². The van der Waals surface area contributed by atoms with Crippen molar-refractivity contribution in [2.24, 2.45) is 0 Å². The SMILES string of the molecule is CCn1c2ccccc2c2cc(NC(=O)Cc3csc(NC(=O)c4cccs4)n3)ccc21. The molecule has 0 spiro atoms. The van der Waals surface area contributed by atoms with E-state index in [9.17, 15) is 9.59 Å². The molecule has 3 aromatic heterocycles. The van der Waals surface area contributed by atoms with E-state index in [1.54, 1.807) is 11.4 Å². The number of rotatable bonds is 6. The van der Waals surface area contributed by atoms with E-state index in [4.69, 9.17) is 0 Å². The number of fused-ring (bicyclic) bond motifs is 3. The van der Waals surface area contributed by atoms with Crippen LogP contribution in [0, 0.1) is 0 Å². The van der Waals surface area contributed by atoms with Gasteiger partial charge in [-0.05, 0) is 42.6 Å². The summed E-state index contributed by atoms with van der Waals surface area (Å²) >= 11 is 2.68. The summed E-state index contributed by atoms with van der Waals surface area (Å²) in [6.07, 6.45) is 0.139. The van der Waals surface area contributed by atoms with Gasteiger partial charge in [-0.15, -0.1) is 22.7 Å². The number of benzene rings is 2. The van der Waals surface area contributed by atoms with Gasteiger partial charge >= 0.3 is 0 Å². The predicted octanol–water partition coefficient (Wildman–Crippen LogP) is 5.77. The number of thiazole rings is 1. The molecule has 0 saturated carbocycles. The molecule has 0 aliphatic heterocycles. The second-order valence-electron chi connectivity index (χ2n) is 7.29. The molecular formula is C24H20N4O2S2. The highest BCUT2D eigenvalue weighted by Gasteiger charge is 2.14. The molecule has 8 heteroatoms. The average molecular weight is 461 g/mol. The Bertz CT molecular complexity index is 1430. The Kier molecular flexibility index (Phi) is 5.46. The number of thiophene rings is 1. The molecule has 0 unspecified atom stereocenters. The van der Waals surface area contributed by atoms with Crippen molar-refractivity contribution in [3.8, 4) is 0 Å². The Morgan fingerprint density at radius 3 is 2.62 bits per heavy atom. The number of hydrogen-bond acceptors (Lipinski definition) is 5. The number of nitrogens with one attached hydrogen (secondary N) is 2. The van der Waals surface area contributed by atoms with Gasteiger partial charge in [0.05, 0.1) is 17.0 Å². The Balaban J connectivity index is 1.30. The summed E-state index contributed by atoms with van der Waals surface area (Å²) < 4.78 is 2.28. The summed E-state index contributed by atoms with van der Waals surface area (Å²) in [4.78, 5) is 29.8. The van der Waals surface area contributed by atoms with Gasteiger partial charge in [-0.1, -0.05) is 24.3 Å². The smallest absolute Gasteiger partial charge is 0.267 e. The van der Waals surface area contributed by atoms with E-state index in [1.807, 2.05) is 35.7 Å². The number of para-hydroxylation sites is 1. The van der Waals surface area contributed by atoms with Crippen LogP contribution in [0.4, 0.5) is 10.8 Å². The zero-order chi connectivity index (χ0) is 22.1. The minimum atomic E-state index is -0.190. The minimum absolute atomic E-state index is 0.139. The van der Waals surface area contributed by atoms with Crippen LogP contribution in [-0.4, -0.2) is 21.4 Å². The number of carbonyl (C=O) groups excluding carboxylic acids is 2. The van der Waals surface area contributed by atoms with Gasteiger partial charge in [-0.3, -0.25) is 14.9 Å². The third-order valence-electron chi connectivity index (χ3n) is 5.23. The fourth-order valence-electron chi connectivity index (χ4n) is 3.85. The first-order valence-corrected chi connectivity index (χ1v) is 12.0. The lowest BCUT2D eigenvalue weighted by Gasteiger charge is -2.06. The van der Waals surface area contributed by atoms with Crippen molar-refractivity contribution >= 4 is 67.1 Å². The highest BCUT2D eigenvalue weighted by atomic mass is 32.1. The van der Waals surface area contributed by atoms with Crippen LogP contribution in [0.1, 0.15) is 22.3 Å².